The Morgan fingerprint density at radius 2 is 1.89 bits per heavy atom. The van der Waals surface area contributed by atoms with E-state index in [1.807, 2.05) is 36.4 Å². The van der Waals surface area contributed by atoms with Crippen LogP contribution in [-0.2, 0) is 0 Å². The molecule has 0 radical (unpaired) electrons. The number of hydrogen-bond donors (Lipinski definition) is 1. The highest BCUT2D eigenvalue weighted by Crippen LogP contribution is 2.28. The summed E-state index contributed by atoms with van der Waals surface area (Å²) < 4.78 is 1.89. The molecule has 0 saturated carbocycles. The second-order valence-corrected chi connectivity index (χ2v) is 5.76. The number of halogens is 2. The Labute approximate surface area is 127 Å². The third kappa shape index (κ3) is 2.62. The van der Waals surface area contributed by atoms with Crippen molar-refractivity contribution in [2.24, 2.45) is 0 Å². The van der Waals surface area contributed by atoms with E-state index in [1.165, 1.54) is 0 Å². The Morgan fingerprint density at radius 3 is 2.74 bits per heavy atom. The lowest BCUT2D eigenvalue weighted by Crippen LogP contribution is -1.96. The van der Waals surface area contributed by atoms with E-state index >= 15 is 0 Å². The summed E-state index contributed by atoms with van der Waals surface area (Å²) in [7, 11) is 0. The van der Waals surface area contributed by atoms with E-state index in [-0.39, 0.29) is 0 Å². The van der Waals surface area contributed by atoms with Crippen molar-refractivity contribution in [3.8, 4) is 0 Å². The zero-order valence-electron chi connectivity index (χ0n) is 9.77. The molecule has 0 aliphatic rings. The normalized spacial score (nSPS) is 10.6. The fourth-order valence-electron chi connectivity index (χ4n) is 1.84. The molecule has 0 fully saturated rings. The van der Waals surface area contributed by atoms with E-state index in [0.29, 0.717) is 0 Å². The van der Waals surface area contributed by atoms with E-state index in [9.17, 15) is 0 Å². The minimum absolute atomic E-state index is 0.778. The third-order valence-electron chi connectivity index (χ3n) is 2.69. The van der Waals surface area contributed by atoms with Gasteiger partial charge in [0.1, 0.15) is 5.82 Å². The molecule has 1 aromatic carbocycles. The molecule has 94 valence electrons. The van der Waals surface area contributed by atoms with Crippen LogP contribution in [-0.4, -0.2) is 9.97 Å². The summed E-state index contributed by atoms with van der Waals surface area (Å²) in [6, 6.07) is 11.9. The quantitative estimate of drug-likeness (QED) is 0.689. The smallest absolute Gasteiger partial charge is 0.144 e. The van der Waals surface area contributed by atoms with Gasteiger partial charge in [-0.3, -0.25) is 4.98 Å². The van der Waals surface area contributed by atoms with Gasteiger partial charge < -0.3 is 5.32 Å². The molecule has 3 aromatic rings. The van der Waals surface area contributed by atoms with Crippen molar-refractivity contribution in [2.75, 3.05) is 5.32 Å². The first-order valence-corrected chi connectivity index (χ1v) is 7.24. The van der Waals surface area contributed by atoms with Gasteiger partial charge in [-0.1, -0.05) is 12.1 Å². The molecule has 0 aliphatic heterocycles. The highest BCUT2D eigenvalue weighted by molar-refractivity contribution is 9.10. The first-order chi connectivity index (χ1) is 9.24. The van der Waals surface area contributed by atoms with Crippen molar-refractivity contribution in [1.29, 1.82) is 0 Å². The van der Waals surface area contributed by atoms with E-state index < -0.39 is 0 Å². The second kappa shape index (κ2) is 5.27. The molecule has 3 nitrogen and oxygen atoms in total. The lowest BCUT2D eigenvalue weighted by atomic mass is 10.2. The topological polar surface area (TPSA) is 37.8 Å². The van der Waals surface area contributed by atoms with Crippen LogP contribution in [0.25, 0.3) is 10.9 Å². The molecule has 19 heavy (non-hydrogen) atoms. The average Bonchev–Trinajstić information content (AvgIpc) is 2.41. The van der Waals surface area contributed by atoms with Gasteiger partial charge in [-0.05, 0) is 56.1 Å². The molecule has 0 amide bonds. The third-order valence-corrected chi connectivity index (χ3v) is 3.76. The van der Waals surface area contributed by atoms with Crippen LogP contribution < -0.4 is 5.32 Å². The minimum atomic E-state index is 0.778. The van der Waals surface area contributed by atoms with Crippen LogP contribution in [0, 0.1) is 0 Å². The molecule has 2 aromatic heterocycles. The van der Waals surface area contributed by atoms with Crippen molar-refractivity contribution in [3.63, 3.8) is 0 Å². The standard InChI is InChI=1S/C14H9Br2N3/c15-10-7-9-3-1-5-12(13(9)18-8-10)19-14-11(16)4-2-6-17-14/h1-8H,(H,17,19). The average molecular weight is 379 g/mol. The summed E-state index contributed by atoms with van der Waals surface area (Å²) in [6.45, 7) is 0. The SMILES string of the molecule is Brc1cnc2c(Nc3ncccc3Br)cccc2c1. The maximum absolute atomic E-state index is 4.45. The molecular weight excluding hydrogens is 370 g/mol. The molecule has 0 bridgehead atoms. The van der Waals surface area contributed by atoms with Gasteiger partial charge in [-0.15, -0.1) is 0 Å². The number of pyridine rings is 2. The number of anilines is 2. The summed E-state index contributed by atoms with van der Waals surface area (Å²) in [5.74, 6) is 0.778. The molecular formula is C14H9Br2N3. The molecule has 0 saturated heterocycles. The van der Waals surface area contributed by atoms with E-state index in [0.717, 1.165) is 31.4 Å². The van der Waals surface area contributed by atoms with Crippen LogP contribution in [0.3, 0.4) is 0 Å². The van der Waals surface area contributed by atoms with Crippen LogP contribution in [0.2, 0.25) is 0 Å². The monoisotopic (exact) mass is 377 g/mol. The zero-order chi connectivity index (χ0) is 13.2. The van der Waals surface area contributed by atoms with Crippen LogP contribution in [0.15, 0.2) is 57.7 Å². The summed E-state index contributed by atoms with van der Waals surface area (Å²) >= 11 is 6.91. The minimum Gasteiger partial charge on any atom is -0.338 e. The van der Waals surface area contributed by atoms with E-state index in [1.54, 1.807) is 12.4 Å². The predicted molar refractivity (Wildman–Crippen MR) is 84.7 cm³/mol. The number of aromatic nitrogens is 2. The Hall–Kier alpha value is -1.46. The van der Waals surface area contributed by atoms with Crippen LogP contribution in [0.5, 0.6) is 0 Å². The van der Waals surface area contributed by atoms with Gasteiger partial charge in [-0.25, -0.2) is 4.98 Å². The van der Waals surface area contributed by atoms with Crippen molar-refractivity contribution < 1.29 is 0 Å². The van der Waals surface area contributed by atoms with Gasteiger partial charge in [0, 0.05) is 22.3 Å². The van der Waals surface area contributed by atoms with E-state index in [4.69, 9.17) is 0 Å². The highest BCUT2D eigenvalue weighted by atomic mass is 79.9. The molecule has 0 aliphatic carbocycles. The lowest BCUT2D eigenvalue weighted by Gasteiger charge is -2.09. The molecule has 1 N–H and O–H groups in total. The van der Waals surface area contributed by atoms with Gasteiger partial charge in [0.2, 0.25) is 0 Å². The first kappa shape index (κ1) is 12.6. The zero-order valence-corrected chi connectivity index (χ0v) is 12.9. The van der Waals surface area contributed by atoms with Crippen LogP contribution >= 0.6 is 31.9 Å². The lowest BCUT2D eigenvalue weighted by molar-refractivity contribution is 1.29. The largest absolute Gasteiger partial charge is 0.338 e. The fourth-order valence-corrected chi connectivity index (χ4v) is 2.54. The maximum Gasteiger partial charge on any atom is 0.144 e. The number of hydrogen-bond acceptors (Lipinski definition) is 3. The number of nitrogens with one attached hydrogen (secondary N) is 1. The number of benzene rings is 1. The Balaban J connectivity index is 2.09. The summed E-state index contributed by atoms with van der Waals surface area (Å²) in [4.78, 5) is 8.76. The maximum atomic E-state index is 4.45. The van der Waals surface area contributed by atoms with Crippen LogP contribution in [0.1, 0.15) is 0 Å². The Morgan fingerprint density at radius 1 is 1.00 bits per heavy atom. The van der Waals surface area contributed by atoms with Gasteiger partial charge in [-0.2, -0.15) is 0 Å². The Bertz CT molecular complexity index is 744. The van der Waals surface area contributed by atoms with Gasteiger partial charge in [0.15, 0.2) is 0 Å². The number of fused-ring (bicyclic) bond motifs is 1. The number of nitrogens with zero attached hydrogens (tertiary/aromatic N) is 2. The molecule has 3 rings (SSSR count). The van der Waals surface area contributed by atoms with Crippen molar-refractivity contribution >= 4 is 54.3 Å². The van der Waals surface area contributed by atoms with Gasteiger partial charge in [0.25, 0.3) is 0 Å². The summed E-state index contributed by atoms with van der Waals surface area (Å²) in [5, 5.41) is 4.37. The van der Waals surface area contributed by atoms with Gasteiger partial charge in [0.05, 0.1) is 15.7 Å². The highest BCUT2D eigenvalue weighted by Gasteiger charge is 2.05. The molecule has 0 atom stereocenters. The van der Waals surface area contributed by atoms with Crippen LogP contribution in [0.4, 0.5) is 11.5 Å². The number of para-hydroxylation sites is 1. The first-order valence-electron chi connectivity index (χ1n) is 5.66. The summed E-state index contributed by atoms with van der Waals surface area (Å²) in [6.07, 6.45) is 3.54. The number of rotatable bonds is 2. The predicted octanol–water partition coefficient (Wildman–Crippen LogP) is 4.90. The van der Waals surface area contributed by atoms with Crippen molar-refractivity contribution in [3.05, 3.63) is 57.7 Å². The van der Waals surface area contributed by atoms with Crippen molar-refractivity contribution in [1.82, 2.24) is 9.97 Å². The molecule has 0 unspecified atom stereocenters. The van der Waals surface area contributed by atoms with Crippen molar-refractivity contribution in [2.45, 2.75) is 0 Å². The van der Waals surface area contributed by atoms with E-state index in [2.05, 4.69) is 47.1 Å². The molecule has 2 heterocycles. The summed E-state index contributed by atoms with van der Waals surface area (Å²) in [5.41, 5.74) is 1.85. The second-order valence-electron chi connectivity index (χ2n) is 3.99. The fraction of sp³-hybridized carbons (Fsp3) is 0. The molecule has 0 spiro atoms. The Kier molecular flexibility index (Phi) is 3.48. The molecule has 5 heteroatoms. The van der Waals surface area contributed by atoms with Gasteiger partial charge >= 0.3 is 0 Å².